The van der Waals surface area contributed by atoms with Crippen LogP contribution in [0.4, 0.5) is 10.5 Å². The predicted octanol–water partition coefficient (Wildman–Crippen LogP) is 2.36. The van der Waals surface area contributed by atoms with E-state index >= 15 is 0 Å². The Morgan fingerprint density at radius 3 is 2.59 bits per heavy atom. The van der Waals surface area contributed by atoms with Gasteiger partial charge in [-0.2, -0.15) is 5.26 Å². The van der Waals surface area contributed by atoms with Crippen LogP contribution in [0.1, 0.15) is 24.5 Å². The van der Waals surface area contributed by atoms with Crippen molar-refractivity contribution in [3.05, 3.63) is 59.7 Å². The van der Waals surface area contributed by atoms with E-state index in [-0.39, 0.29) is 0 Å². The zero-order valence-corrected chi connectivity index (χ0v) is 16.1. The summed E-state index contributed by atoms with van der Waals surface area (Å²) in [5.74, 6) is -0.395. The van der Waals surface area contributed by atoms with Crippen molar-refractivity contribution in [3.8, 4) is 11.8 Å². The molecule has 1 aliphatic heterocycles. The second-order valence-corrected chi connectivity index (χ2v) is 6.55. The highest BCUT2D eigenvalue weighted by Gasteiger charge is 2.51. The molecule has 0 bridgehead atoms. The second-order valence-electron chi connectivity index (χ2n) is 6.55. The quantitative estimate of drug-likeness (QED) is 0.733. The van der Waals surface area contributed by atoms with Gasteiger partial charge in [0.15, 0.2) is 0 Å². The van der Waals surface area contributed by atoms with Crippen LogP contribution in [0.25, 0.3) is 0 Å². The summed E-state index contributed by atoms with van der Waals surface area (Å²) in [6.45, 7) is 1.36. The number of hydrogen-bond acceptors (Lipinski definition) is 5. The fourth-order valence-corrected chi connectivity index (χ4v) is 3.30. The van der Waals surface area contributed by atoms with Gasteiger partial charge in [0.25, 0.3) is 5.91 Å². The fourth-order valence-electron chi connectivity index (χ4n) is 3.30. The average molecular weight is 392 g/mol. The molecule has 0 radical (unpaired) electrons. The number of ether oxygens (including phenoxy) is 1. The molecule has 4 amide bonds. The summed E-state index contributed by atoms with van der Waals surface area (Å²) >= 11 is 0. The van der Waals surface area contributed by atoms with E-state index in [2.05, 4.69) is 10.6 Å². The van der Waals surface area contributed by atoms with Crippen molar-refractivity contribution in [1.82, 2.24) is 10.2 Å². The van der Waals surface area contributed by atoms with Crippen LogP contribution in [-0.2, 0) is 15.1 Å². The monoisotopic (exact) mass is 392 g/mol. The lowest BCUT2D eigenvalue weighted by atomic mass is 9.87. The highest BCUT2D eigenvalue weighted by Crippen LogP contribution is 2.33. The van der Waals surface area contributed by atoms with E-state index in [9.17, 15) is 14.4 Å². The van der Waals surface area contributed by atoms with Gasteiger partial charge in [0.1, 0.15) is 17.8 Å². The molecule has 2 N–H and O–H groups in total. The zero-order chi connectivity index (χ0) is 21.0. The van der Waals surface area contributed by atoms with Gasteiger partial charge in [-0.15, -0.1) is 0 Å². The lowest BCUT2D eigenvalue weighted by molar-refractivity contribution is -0.134. The standard InChI is InChI=1S/C21H20N4O4/c1-3-21(15-7-9-17(29-2)10-8-15)19(27)25(20(28)24-21)13-18(26)23-16-6-4-5-14(11-16)12-22/h4-11H,3,13H2,1-2H3,(H,23,26)(H,24,28)/t21-/m0/s1. The largest absolute Gasteiger partial charge is 0.497 e. The van der Waals surface area contributed by atoms with Gasteiger partial charge in [0.05, 0.1) is 18.7 Å². The number of methoxy groups -OCH3 is 1. The molecule has 1 aliphatic rings. The van der Waals surface area contributed by atoms with Gasteiger partial charge >= 0.3 is 6.03 Å². The number of rotatable bonds is 6. The van der Waals surface area contributed by atoms with Gasteiger partial charge in [-0.1, -0.05) is 25.1 Å². The number of nitrogens with zero attached hydrogens (tertiary/aromatic N) is 2. The molecule has 8 heteroatoms. The smallest absolute Gasteiger partial charge is 0.325 e. The van der Waals surface area contributed by atoms with Gasteiger partial charge in [-0.25, -0.2) is 4.79 Å². The number of anilines is 1. The van der Waals surface area contributed by atoms with Crippen molar-refractivity contribution in [2.45, 2.75) is 18.9 Å². The Bertz CT molecular complexity index is 996. The molecule has 148 valence electrons. The molecular weight excluding hydrogens is 372 g/mol. The topological polar surface area (TPSA) is 112 Å². The number of urea groups is 1. The average Bonchev–Trinajstić information content (AvgIpc) is 2.99. The SMILES string of the molecule is CC[C@@]1(c2ccc(OC)cc2)NC(=O)N(CC(=O)Nc2cccc(C#N)c2)C1=O. The first kappa shape index (κ1) is 19.9. The van der Waals surface area contributed by atoms with Gasteiger partial charge in [0.2, 0.25) is 5.91 Å². The summed E-state index contributed by atoms with van der Waals surface area (Å²) in [5.41, 5.74) is 0.189. The number of imide groups is 1. The minimum absolute atomic E-state index is 0.326. The van der Waals surface area contributed by atoms with E-state index in [0.717, 1.165) is 4.90 Å². The fraction of sp³-hybridized carbons (Fsp3) is 0.238. The van der Waals surface area contributed by atoms with Crippen LogP contribution in [0, 0.1) is 11.3 Å². The summed E-state index contributed by atoms with van der Waals surface area (Å²) in [6.07, 6.45) is 0.326. The summed E-state index contributed by atoms with van der Waals surface area (Å²) in [7, 11) is 1.54. The van der Waals surface area contributed by atoms with Crippen molar-refractivity contribution in [3.63, 3.8) is 0 Å². The van der Waals surface area contributed by atoms with Crippen molar-refractivity contribution in [2.75, 3.05) is 19.0 Å². The second kappa shape index (κ2) is 8.02. The molecule has 29 heavy (non-hydrogen) atoms. The van der Waals surface area contributed by atoms with Crippen LogP contribution in [0.15, 0.2) is 48.5 Å². The predicted molar refractivity (Wildman–Crippen MR) is 105 cm³/mol. The van der Waals surface area contributed by atoms with Crippen molar-refractivity contribution in [2.24, 2.45) is 0 Å². The first-order valence-electron chi connectivity index (χ1n) is 9.02. The molecule has 0 aliphatic carbocycles. The lowest BCUT2D eigenvalue weighted by Gasteiger charge is -2.26. The Labute approximate surface area is 168 Å². The van der Waals surface area contributed by atoms with Crippen LogP contribution in [0.3, 0.4) is 0 Å². The zero-order valence-electron chi connectivity index (χ0n) is 16.1. The Balaban J connectivity index is 1.78. The molecule has 1 heterocycles. The molecule has 0 aromatic heterocycles. The molecule has 1 saturated heterocycles. The van der Waals surface area contributed by atoms with Crippen LogP contribution in [-0.4, -0.2) is 36.4 Å². The molecule has 1 fully saturated rings. The van der Waals surface area contributed by atoms with E-state index in [1.807, 2.05) is 6.07 Å². The van der Waals surface area contributed by atoms with Crippen LogP contribution in [0.5, 0.6) is 5.75 Å². The van der Waals surface area contributed by atoms with Crippen molar-refractivity contribution >= 4 is 23.5 Å². The van der Waals surface area contributed by atoms with E-state index in [4.69, 9.17) is 10.00 Å². The highest BCUT2D eigenvalue weighted by molar-refractivity contribution is 6.10. The van der Waals surface area contributed by atoms with Gasteiger partial charge in [-0.05, 0) is 42.3 Å². The van der Waals surface area contributed by atoms with Crippen LogP contribution in [0.2, 0.25) is 0 Å². The van der Waals surface area contributed by atoms with Crippen LogP contribution < -0.4 is 15.4 Å². The maximum absolute atomic E-state index is 13.1. The summed E-state index contributed by atoms with van der Waals surface area (Å²) < 4.78 is 5.14. The Morgan fingerprint density at radius 2 is 1.97 bits per heavy atom. The summed E-state index contributed by atoms with van der Waals surface area (Å²) in [5, 5.41) is 14.3. The number of amides is 4. The normalized spacial score (nSPS) is 18.2. The number of hydrogen-bond donors (Lipinski definition) is 2. The Hall–Kier alpha value is -3.86. The number of benzene rings is 2. The molecule has 1 atom stereocenters. The highest BCUT2D eigenvalue weighted by atomic mass is 16.5. The molecule has 8 nitrogen and oxygen atoms in total. The maximum atomic E-state index is 13.1. The summed E-state index contributed by atoms with van der Waals surface area (Å²) in [4.78, 5) is 38.9. The molecule has 0 saturated carbocycles. The molecule has 3 rings (SSSR count). The first-order chi connectivity index (χ1) is 13.9. The molecule has 2 aromatic rings. The number of carbonyl (C=O) groups excluding carboxylic acids is 3. The molecule has 2 aromatic carbocycles. The first-order valence-corrected chi connectivity index (χ1v) is 9.02. The molecule has 0 spiro atoms. The van der Waals surface area contributed by atoms with Crippen molar-refractivity contribution < 1.29 is 19.1 Å². The van der Waals surface area contributed by atoms with Gasteiger partial charge < -0.3 is 15.4 Å². The van der Waals surface area contributed by atoms with Gasteiger partial charge in [-0.3, -0.25) is 14.5 Å². The number of nitriles is 1. The van der Waals surface area contributed by atoms with E-state index in [1.165, 1.54) is 6.07 Å². The third kappa shape index (κ3) is 3.75. The molecule has 0 unspecified atom stereocenters. The third-order valence-corrected chi connectivity index (χ3v) is 4.87. The minimum atomic E-state index is -1.23. The Kier molecular flexibility index (Phi) is 5.50. The summed E-state index contributed by atoms with van der Waals surface area (Å²) in [6, 6.07) is 14.6. The lowest BCUT2D eigenvalue weighted by Crippen LogP contribution is -2.44. The number of nitrogens with one attached hydrogen (secondary N) is 2. The van der Waals surface area contributed by atoms with Gasteiger partial charge in [0, 0.05) is 5.69 Å². The number of carbonyl (C=O) groups is 3. The molecular formula is C21H20N4O4. The van der Waals surface area contributed by atoms with Crippen molar-refractivity contribution in [1.29, 1.82) is 5.26 Å². The van der Waals surface area contributed by atoms with Crippen LogP contribution >= 0.6 is 0 Å². The maximum Gasteiger partial charge on any atom is 0.325 e. The van der Waals surface area contributed by atoms with E-state index in [1.54, 1.807) is 56.5 Å². The van der Waals surface area contributed by atoms with E-state index < -0.39 is 29.9 Å². The Morgan fingerprint density at radius 1 is 1.24 bits per heavy atom. The minimum Gasteiger partial charge on any atom is -0.497 e. The third-order valence-electron chi connectivity index (χ3n) is 4.87. The van der Waals surface area contributed by atoms with E-state index in [0.29, 0.717) is 29.0 Å².